The van der Waals surface area contributed by atoms with Crippen LogP contribution in [-0.2, 0) is 9.53 Å². The maximum absolute atomic E-state index is 11.3. The maximum atomic E-state index is 11.3. The number of ether oxygens (including phenoxy) is 1. The third kappa shape index (κ3) is 2.30. The van der Waals surface area contributed by atoms with Gasteiger partial charge in [0.15, 0.2) is 0 Å². The quantitative estimate of drug-likeness (QED) is 0.769. The second kappa shape index (κ2) is 5.21. The highest BCUT2D eigenvalue weighted by atomic mass is 16.5. The number of hydrogen-bond acceptors (Lipinski definition) is 3. The van der Waals surface area contributed by atoms with E-state index < -0.39 is 0 Å². The van der Waals surface area contributed by atoms with Crippen molar-refractivity contribution in [3.05, 3.63) is 78.3 Å². The molecule has 1 aromatic rings. The van der Waals surface area contributed by atoms with Crippen molar-refractivity contribution in [1.29, 1.82) is 0 Å². The monoisotopic (exact) mass is 265 g/mol. The van der Waals surface area contributed by atoms with Gasteiger partial charge in [-0.3, -0.25) is 4.79 Å². The normalized spacial score (nSPS) is 20.1. The number of allylic oxidation sites excluding steroid dienone is 3. The molecule has 100 valence electrons. The fraction of sp³-hybridized carbons (Fsp3) is 0.118. The summed E-state index contributed by atoms with van der Waals surface area (Å²) in [6, 6.07) is 10.0. The van der Waals surface area contributed by atoms with Crippen LogP contribution < -0.4 is 0 Å². The van der Waals surface area contributed by atoms with Gasteiger partial charge in [-0.05, 0) is 23.8 Å². The second-order valence-electron chi connectivity index (χ2n) is 4.64. The molecule has 0 fully saturated rings. The van der Waals surface area contributed by atoms with Crippen LogP contribution in [0.25, 0.3) is 5.57 Å². The largest absolute Gasteiger partial charge is 0.453 e. The zero-order valence-corrected chi connectivity index (χ0v) is 11.2. The molecule has 0 bridgehead atoms. The molecule has 3 rings (SSSR count). The van der Waals surface area contributed by atoms with Crippen LogP contribution in [0.4, 0.5) is 0 Å². The van der Waals surface area contributed by atoms with Gasteiger partial charge in [-0.1, -0.05) is 36.4 Å². The molecule has 0 saturated heterocycles. The van der Waals surface area contributed by atoms with Crippen molar-refractivity contribution in [2.75, 3.05) is 0 Å². The van der Waals surface area contributed by atoms with Crippen LogP contribution >= 0.6 is 0 Å². The molecule has 1 aromatic carbocycles. The van der Waals surface area contributed by atoms with Crippen LogP contribution in [0.1, 0.15) is 12.5 Å². The lowest BCUT2D eigenvalue weighted by molar-refractivity contribution is -0.142. The van der Waals surface area contributed by atoms with Gasteiger partial charge in [0.1, 0.15) is 6.10 Å². The minimum absolute atomic E-state index is 0.280. The van der Waals surface area contributed by atoms with Gasteiger partial charge in [0, 0.05) is 24.9 Å². The summed E-state index contributed by atoms with van der Waals surface area (Å²) in [5, 5.41) is 0. The number of hydrogen-bond donors (Lipinski definition) is 0. The molecule has 0 N–H and O–H groups in total. The van der Waals surface area contributed by atoms with Gasteiger partial charge < -0.3 is 9.64 Å². The fourth-order valence-corrected chi connectivity index (χ4v) is 2.43. The summed E-state index contributed by atoms with van der Waals surface area (Å²) in [5.74, 6) is -0.280. The Bertz CT molecular complexity index is 638. The number of carbonyl (C=O) groups excluding carboxylic acids is 1. The van der Waals surface area contributed by atoms with Crippen LogP contribution in [0.3, 0.4) is 0 Å². The molecule has 0 amide bonds. The first kappa shape index (κ1) is 12.5. The predicted molar refractivity (Wildman–Crippen MR) is 78.2 cm³/mol. The number of rotatable bonds is 2. The Morgan fingerprint density at radius 3 is 2.70 bits per heavy atom. The third-order valence-corrected chi connectivity index (χ3v) is 3.25. The molecule has 1 unspecified atom stereocenters. The van der Waals surface area contributed by atoms with Gasteiger partial charge in [0.05, 0.1) is 5.70 Å². The second-order valence-corrected chi connectivity index (χ2v) is 4.64. The Morgan fingerprint density at radius 2 is 1.95 bits per heavy atom. The molecule has 3 nitrogen and oxygen atoms in total. The fourth-order valence-electron chi connectivity index (χ4n) is 2.43. The van der Waals surface area contributed by atoms with Gasteiger partial charge in [0.2, 0.25) is 0 Å². The minimum Gasteiger partial charge on any atom is -0.453 e. The molecular formula is C17H15NO2. The molecule has 0 radical (unpaired) electrons. The summed E-state index contributed by atoms with van der Waals surface area (Å²) < 4.78 is 5.44. The lowest BCUT2D eigenvalue weighted by atomic mass is 9.94. The molecule has 20 heavy (non-hydrogen) atoms. The first-order valence-electron chi connectivity index (χ1n) is 6.54. The highest BCUT2D eigenvalue weighted by Gasteiger charge is 2.25. The average molecular weight is 265 g/mol. The zero-order valence-electron chi connectivity index (χ0n) is 11.2. The first-order chi connectivity index (χ1) is 9.75. The van der Waals surface area contributed by atoms with Crippen LogP contribution in [0.5, 0.6) is 0 Å². The summed E-state index contributed by atoms with van der Waals surface area (Å²) in [6.45, 7) is 1.43. The average Bonchev–Trinajstić information content (AvgIpc) is 2.47. The Labute approximate surface area is 118 Å². The third-order valence-electron chi connectivity index (χ3n) is 3.25. The van der Waals surface area contributed by atoms with E-state index in [2.05, 4.69) is 0 Å². The lowest BCUT2D eigenvalue weighted by Gasteiger charge is -2.31. The molecule has 3 heteroatoms. The van der Waals surface area contributed by atoms with E-state index >= 15 is 0 Å². The molecule has 1 atom stereocenters. The zero-order chi connectivity index (χ0) is 13.9. The van der Waals surface area contributed by atoms with Crippen LogP contribution in [0.15, 0.2) is 72.7 Å². The summed E-state index contributed by atoms with van der Waals surface area (Å²) in [6.07, 6.45) is 11.5. The first-order valence-corrected chi connectivity index (χ1v) is 6.54. The van der Waals surface area contributed by atoms with E-state index in [0.717, 1.165) is 16.8 Å². The van der Waals surface area contributed by atoms with Crippen LogP contribution in [0.2, 0.25) is 0 Å². The van der Waals surface area contributed by atoms with Gasteiger partial charge in [0.25, 0.3) is 0 Å². The van der Waals surface area contributed by atoms with E-state index in [1.807, 2.05) is 71.9 Å². The smallest absolute Gasteiger partial charge is 0.303 e. The van der Waals surface area contributed by atoms with Crippen molar-refractivity contribution in [3.63, 3.8) is 0 Å². The molecule has 0 spiro atoms. The van der Waals surface area contributed by atoms with Crippen LogP contribution in [0, 0.1) is 0 Å². The number of fused-ring (bicyclic) bond motifs is 1. The van der Waals surface area contributed by atoms with E-state index in [4.69, 9.17) is 4.74 Å². The summed E-state index contributed by atoms with van der Waals surface area (Å²) in [4.78, 5) is 13.4. The molecule has 2 heterocycles. The highest BCUT2D eigenvalue weighted by Crippen LogP contribution is 2.33. The van der Waals surface area contributed by atoms with Gasteiger partial charge in [-0.25, -0.2) is 0 Å². The maximum Gasteiger partial charge on any atom is 0.303 e. The Morgan fingerprint density at radius 1 is 1.15 bits per heavy atom. The molecule has 0 aromatic heterocycles. The summed E-state index contributed by atoms with van der Waals surface area (Å²) in [7, 11) is 0. The van der Waals surface area contributed by atoms with E-state index in [1.165, 1.54) is 6.92 Å². The predicted octanol–water partition coefficient (Wildman–Crippen LogP) is 3.24. The summed E-state index contributed by atoms with van der Waals surface area (Å²) >= 11 is 0. The SMILES string of the molecule is CC(=O)OC1C=CN2C=CC=CC2=C1c1ccccc1. The van der Waals surface area contributed by atoms with Crippen LogP contribution in [-0.4, -0.2) is 17.0 Å². The van der Waals surface area contributed by atoms with E-state index in [-0.39, 0.29) is 12.1 Å². The number of carbonyl (C=O) groups is 1. The number of nitrogens with zero attached hydrogens (tertiary/aromatic N) is 1. The van der Waals surface area contributed by atoms with E-state index in [1.54, 1.807) is 0 Å². The van der Waals surface area contributed by atoms with Crippen molar-refractivity contribution in [2.45, 2.75) is 13.0 Å². The van der Waals surface area contributed by atoms with E-state index in [0.29, 0.717) is 0 Å². The molecule has 2 aliphatic rings. The van der Waals surface area contributed by atoms with Gasteiger partial charge in [-0.2, -0.15) is 0 Å². The molecular weight excluding hydrogens is 250 g/mol. The van der Waals surface area contributed by atoms with Crippen molar-refractivity contribution >= 4 is 11.5 Å². The van der Waals surface area contributed by atoms with Crippen molar-refractivity contribution < 1.29 is 9.53 Å². The van der Waals surface area contributed by atoms with Crippen molar-refractivity contribution in [2.24, 2.45) is 0 Å². The summed E-state index contributed by atoms with van der Waals surface area (Å²) in [5.41, 5.74) is 3.10. The number of esters is 1. The lowest BCUT2D eigenvalue weighted by Crippen LogP contribution is -2.26. The Balaban J connectivity index is 2.10. The number of benzene rings is 1. The molecule has 0 saturated carbocycles. The molecule has 2 aliphatic heterocycles. The Kier molecular flexibility index (Phi) is 3.25. The molecule has 0 aliphatic carbocycles. The Hall–Kier alpha value is -2.55. The van der Waals surface area contributed by atoms with Gasteiger partial charge >= 0.3 is 5.97 Å². The highest BCUT2D eigenvalue weighted by molar-refractivity contribution is 5.79. The van der Waals surface area contributed by atoms with E-state index in [9.17, 15) is 4.79 Å². The minimum atomic E-state index is -0.350. The standard InChI is InChI=1S/C17H15NO2/c1-13(19)20-16-10-12-18-11-6-5-9-15(18)17(16)14-7-3-2-4-8-14/h2-12,16H,1H3. The van der Waals surface area contributed by atoms with Gasteiger partial charge in [-0.15, -0.1) is 0 Å². The topological polar surface area (TPSA) is 29.5 Å². The van der Waals surface area contributed by atoms with Crippen molar-refractivity contribution in [1.82, 2.24) is 4.90 Å². The van der Waals surface area contributed by atoms with Crippen molar-refractivity contribution in [3.8, 4) is 0 Å².